The molecule has 21 heavy (non-hydrogen) atoms. The first-order valence-electron chi connectivity index (χ1n) is 6.30. The van der Waals surface area contributed by atoms with E-state index in [-0.39, 0.29) is 5.69 Å². The predicted octanol–water partition coefficient (Wildman–Crippen LogP) is 3.81. The second-order valence-corrected chi connectivity index (χ2v) is 5.50. The van der Waals surface area contributed by atoms with Gasteiger partial charge in [0.1, 0.15) is 5.75 Å². The molecule has 0 saturated carbocycles. The highest BCUT2D eigenvalue weighted by Gasteiger charge is 2.18. The third-order valence-corrected chi connectivity index (χ3v) is 4.07. The fraction of sp³-hybridized carbons (Fsp3) is 0.200. The summed E-state index contributed by atoms with van der Waals surface area (Å²) >= 11 is 1.27. The molecule has 5 nitrogen and oxygen atoms in total. The molecule has 0 fully saturated rings. The maximum atomic E-state index is 11.2. The van der Waals surface area contributed by atoms with Crippen molar-refractivity contribution in [3.63, 3.8) is 0 Å². The van der Waals surface area contributed by atoms with Crippen molar-refractivity contribution in [3.8, 4) is 5.75 Å². The number of nitrogens with zero attached hydrogens (tertiary/aromatic N) is 1. The van der Waals surface area contributed by atoms with Gasteiger partial charge in [0, 0.05) is 6.07 Å². The SMILES string of the molecule is COc1ccccc1Sc1ccc([C@@H](C)O)cc1[N+](=O)[O-]. The minimum atomic E-state index is -0.742. The van der Waals surface area contributed by atoms with Gasteiger partial charge < -0.3 is 9.84 Å². The van der Waals surface area contributed by atoms with E-state index in [0.29, 0.717) is 16.2 Å². The van der Waals surface area contributed by atoms with E-state index in [0.717, 1.165) is 4.90 Å². The molecule has 6 heteroatoms. The van der Waals surface area contributed by atoms with Gasteiger partial charge in [-0.2, -0.15) is 0 Å². The standard InChI is InChI=1S/C15H15NO4S/c1-10(17)11-7-8-14(12(9-11)16(18)19)21-15-6-4-3-5-13(15)20-2/h3-10,17H,1-2H3/t10-/m1/s1. The van der Waals surface area contributed by atoms with Crippen molar-refractivity contribution in [3.05, 3.63) is 58.1 Å². The number of hydrogen-bond acceptors (Lipinski definition) is 5. The highest BCUT2D eigenvalue weighted by molar-refractivity contribution is 7.99. The van der Waals surface area contributed by atoms with Crippen LogP contribution in [0.15, 0.2) is 52.3 Å². The molecular weight excluding hydrogens is 290 g/mol. The van der Waals surface area contributed by atoms with Gasteiger partial charge in [-0.05, 0) is 30.7 Å². The Hall–Kier alpha value is -2.05. The molecule has 0 radical (unpaired) electrons. The Morgan fingerprint density at radius 1 is 1.24 bits per heavy atom. The molecule has 2 aromatic carbocycles. The zero-order valence-corrected chi connectivity index (χ0v) is 12.5. The lowest BCUT2D eigenvalue weighted by molar-refractivity contribution is -0.387. The summed E-state index contributed by atoms with van der Waals surface area (Å²) in [6.45, 7) is 1.58. The topological polar surface area (TPSA) is 72.6 Å². The van der Waals surface area contributed by atoms with Crippen molar-refractivity contribution in [2.75, 3.05) is 7.11 Å². The number of hydrogen-bond donors (Lipinski definition) is 1. The van der Waals surface area contributed by atoms with Crippen LogP contribution in [-0.4, -0.2) is 17.1 Å². The number of nitro benzene ring substituents is 1. The molecule has 2 aromatic rings. The molecule has 0 aliphatic rings. The van der Waals surface area contributed by atoms with Crippen LogP contribution in [0.25, 0.3) is 0 Å². The molecular formula is C15H15NO4S. The summed E-state index contributed by atoms with van der Waals surface area (Å²) in [7, 11) is 1.56. The Bertz CT molecular complexity index is 658. The second kappa shape index (κ2) is 6.60. The van der Waals surface area contributed by atoms with E-state index < -0.39 is 11.0 Å². The van der Waals surface area contributed by atoms with Crippen molar-refractivity contribution in [2.24, 2.45) is 0 Å². The summed E-state index contributed by atoms with van der Waals surface area (Å²) in [5.41, 5.74) is 0.496. The summed E-state index contributed by atoms with van der Waals surface area (Å²) in [5, 5.41) is 20.8. The second-order valence-electron chi connectivity index (χ2n) is 4.41. The Morgan fingerprint density at radius 2 is 1.95 bits per heavy atom. The number of aliphatic hydroxyl groups is 1. The minimum Gasteiger partial charge on any atom is -0.496 e. The van der Waals surface area contributed by atoms with Gasteiger partial charge in [0.15, 0.2) is 0 Å². The molecule has 0 aliphatic heterocycles. The Labute approximate surface area is 126 Å². The van der Waals surface area contributed by atoms with Gasteiger partial charge in [0.2, 0.25) is 0 Å². The maximum Gasteiger partial charge on any atom is 0.283 e. The van der Waals surface area contributed by atoms with Gasteiger partial charge in [0.25, 0.3) is 5.69 Å². The third kappa shape index (κ3) is 3.53. The van der Waals surface area contributed by atoms with E-state index in [1.165, 1.54) is 17.8 Å². The molecule has 1 N–H and O–H groups in total. The Balaban J connectivity index is 2.42. The van der Waals surface area contributed by atoms with E-state index in [1.54, 1.807) is 32.2 Å². The molecule has 110 valence electrons. The lowest BCUT2D eigenvalue weighted by Crippen LogP contribution is -1.96. The van der Waals surface area contributed by atoms with Gasteiger partial charge in [-0.1, -0.05) is 30.0 Å². The first-order chi connectivity index (χ1) is 10.0. The minimum absolute atomic E-state index is 0.0238. The summed E-state index contributed by atoms with van der Waals surface area (Å²) < 4.78 is 5.25. The maximum absolute atomic E-state index is 11.2. The van der Waals surface area contributed by atoms with Crippen molar-refractivity contribution < 1.29 is 14.8 Å². The monoisotopic (exact) mass is 305 g/mol. The largest absolute Gasteiger partial charge is 0.496 e. The first kappa shape index (κ1) is 15.3. The van der Waals surface area contributed by atoms with Crippen LogP contribution in [0.1, 0.15) is 18.6 Å². The van der Waals surface area contributed by atoms with Gasteiger partial charge in [-0.15, -0.1) is 0 Å². The average molecular weight is 305 g/mol. The smallest absolute Gasteiger partial charge is 0.283 e. The number of aliphatic hydroxyl groups excluding tert-OH is 1. The quantitative estimate of drug-likeness (QED) is 0.671. The fourth-order valence-electron chi connectivity index (χ4n) is 1.84. The molecule has 0 bridgehead atoms. The highest BCUT2D eigenvalue weighted by atomic mass is 32.2. The summed E-state index contributed by atoms with van der Waals surface area (Å²) in [6, 6.07) is 12.1. The average Bonchev–Trinajstić information content (AvgIpc) is 2.47. The number of nitro groups is 1. The van der Waals surface area contributed by atoms with Gasteiger partial charge in [-0.3, -0.25) is 10.1 Å². The Kier molecular flexibility index (Phi) is 4.82. The highest BCUT2D eigenvalue weighted by Crippen LogP contribution is 2.40. The van der Waals surface area contributed by atoms with Crippen molar-refractivity contribution in [2.45, 2.75) is 22.8 Å². The molecule has 0 amide bonds. The molecule has 0 aromatic heterocycles. The number of ether oxygens (including phenoxy) is 1. The van der Waals surface area contributed by atoms with Crippen LogP contribution < -0.4 is 4.74 Å². The molecule has 0 heterocycles. The molecule has 0 unspecified atom stereocenters. The number of methoxy groups -OCH3 is 1. The fourth-order valence-corrected chi connectivity index (χ4v) is 2.85. The molecule has 0 aliphatic carbocycles. The zero-order valence-electron chi connectivity index (χ0n) is 11.6. The number of benzene rings is 2. The van der Waals surface area contributed by atoms with E-state index in [9.17, 15) is 15.2 Å². The van der Waals surface area contributed by atoms with E-state index in [4.69, 9.17) is 4.74 Å². The van der Waals surface area contributed by atoms with E-state index in [2.05, 4.69) is 0 Å². The Morgan fingerprint density at radius 3 is 2.57 bits per heavy atom. The van der Waals surface area contributed by atoms with Crippen LogP contribution >= 0.6 is 11.8 Å². The van der Waals surface area contributed by atoms with Crippen molar-refractivity contribution in [1.29, 1.82) is 0 Å². The van der Waals surface area contributed by atoms with Crippen LogP contribution in [0, 0.1) is 10.1 Å². The summed E-state index contributed by atoms with van der Waals surface area (Å²) in [4.78, 5) is 12.1. The van der Waals surface area contributed by atoms with Crippen LogP contribution in [0.2, 0.25) is 0 Å². The number of rotatable bonds is 5. The van der Waals surface area contributed by atoms with Gasteiger partial charge in [0.05, 0.1) is 27.9 Å². The normalized spacial score (nSPS) is 12.0. The lowest BCUT2D eigenvalue weighted by atomic mass is 10.1. The zero-order chi connectivity index (χ0) is 15.4. The number of para-hydroxylation sites is 1. The van der Waals surface area contributed by atoms with E-state index in [1.807, 2.05) is 18.2 Å². The van der Waals surface area contributed by atoms with Crippen LogP contribution in [0.4, 0.5) is 5.69 Å². The van der Waals surface area contributed by atoms with Crippen LogP contribution in [0.3, 0.4) is 0 Å². The first-order valence-corrected chi connectivity index (χ1v) is 7.12. The van der Waals surface area contributed by atoms with Crippen LogP contribution in [-0.2, 0) is 0 Å². The molecule has 0 spiro atoms. The predicted molar refractivity (Wildman–Crippen MR) is 80.8 cm³/mol. The van der Waals surface area contributed by atoms with Crippen molar-refractivity contribution >= 4 is 17.4 Å². The summed E-state index contributed by atoms with van der Waals surface area (Å²) in [5.74, 6) is 0.663. The molecule has 1 atom stereocenters. The molecule has 2 rings (SSSR count). The lowest BCUT2D eigenvalue weighted by Gasteiger charge is -2.10. The third-order valence-electron chi connectivity index (χ3n) is 2.95. The van der Waals surface area contributed by atoms with E-state index >= 15 is 0 Å². The summed E-state index contributed by atoms with van der Waals surface area (Å²) in [6.07, 6.45) is -0.742. The molecule has 0 saturated heterocycles. The van der Waals surface area contributed by atoms with Gasteiger partial charge >= 0.3 is 0 Å². The van der Waals surface area contributed by atoms with Crippen molar-refractivity contribution in [1.82, 2.24) is 0 Å². The van der Waals surface area contributed by atoms with Gasteiger partial charge in [-0.25, -0.2) is 0 Å². The van der Waals surface area contributed by atoms with Crippen LogP contribution in [0.5, 0.6) is 5.75 Å².